The second-order valence-corrected chi connectivity index (χ2v) is 9.87. The molecule has 9 heteroatoms. The van der Waals surface area contributed by atoms with E-state index in [4.69, 9.17) is 0 Å². The number of pyridine rings is 1. The molecule has 0 spiro atoms. The smallest absolute Gasteiger partial charge is 0.416 e. The van der Waals surface area contributed by atoms with Gasteiger partial charge < -0.3 is 10.4 Å². The van der Waals surface area contributed by atoms with E-state index in [9.17, 15) is 32.7 Å². The first kappa shape index (κ1) is 29.1. The quantitative estimate of drug-likeness (QED) is 0.201. The molecule has 0 radical (unpaired) electrons. The molecule has 1 amide bonds. The largest absolute Gasteiger partial charge is 0.480 e. The van der Waals surface area contributed by atoms with Crippen LogP contribution < -0.4 is 10.9 Å². The minimum absolute atomic E-state index is 0.00122. The van der Waals surface area contributed by atoms with Gasteiger partial charge in [0.05, 0.1) is 5.56 Å². The topological polar surface area (TPSA) is 88.4 Å². The van der Waals surface area contributed by atoms with Gasteiger partial charge in [0.1, 0.15) is 11.7 Å². The Morgan fingerprint density at radius 2 is 1.28 bits per heavy atom. The van der Waals surface area contributed by atoms with E-state index in [1.54, 1.807) is 30.3 Å². The predicted molar refractivity (Wildman–Crippen MR) is 158 cm³/mol. The molecule has 0 aliphatic heterocycles. The molecular formula is C34H25F3N2O4. The van der Waals surface area contributed by atoms with Crippen LogP contribution in [0, 0.1) is 0 Å². The molecular weight excluding hydrogens is 557 g/mol. The van der Waals surface area contributed by atoms with Crippen LogP contribution in [-0.4, -0.2) is 21.6 Å². The molecule has 5 aromatic rings. The van der Waals surface area contributed by atoms with Crippen molar-refractivity contribution in [3.05, 3.63) is 149 Å². The van der Waals surface area contributed by atoms with Crippen LogP contribution in [0.15, 0.2) is 126 Å². The Hall–Kier alpha value is -5.44. The average Bonchev–Trinajstić information content (AvgIpc) is 3.01. The summed E-state index contributed by atoms with van der Waals surface area (Å²) in [6, 6.07) is 29.6. The molecule has 0 unspecified atom stereocenters. The van der Waals surface area contributed by atoms with Gasteiger partial charge in [-0.1, -0.05) is 84.9 Å². The molecule has 0 aliphatic carbocycles. The number of amides is 1. The van der Waals surface area contributed by atoms with E-state index >= 15 is 0 Å². The Labute approximate surface area is 244 Å². The summed E-state index contributed by atoms with van der Waals surface area (Å²) in [5.74, 6) is -2.06. The van der Waals surface area contributed by atoms with Gasteiger partial charge in [0.15, 0.2) is 0 Å². The number of carbonyl (C=O) groups is 2. The highest BCUT2D eigenvalue weighted by molar-refractivity contribution is 6.04. The summed E-state index contributed by atoms with van der Waals surface area (Å²) in [4.78, 5) is 39.1. The number of rotatable bonds is 8. The van der Waals surface area contributed by atoms with Gasteiger partial charge in [-0.05, 0) is 52.6 Å². The fraction of sp³-hybridized carbons (Fsp3) is 0.0882. The summed E-state index contributed by atoms with van der Waals surface area (Å²) >= 11 is 0. The number of nitrogens with zero attached hydrogens (tertiary/aromatic N) is 1. The number of hydrogen-bond donors (Lipinski definition) is 2. The van der Waals surface area contributed by atoms with Crippen molar-refractivity contribution in [2.24, 2.45) is 0 Å². The Bertz CT molecular complexity index is 1800. The number of anilines is 1. The van der Waals surface area contributed by atoms with Crippen LogP contribution in [0.4, 0.5) is 18.9 Å². The highest BCUT2D eigenvalue weighted by Crippen LogP contribution is 2.30. The SMILES string of the molecule is O=C(Nc1cc(-c2ccc(-c3ccccc3)cc2)cn([C@@H](Cc2ccccc2)C(=O)O)c1=O)c1ccc(C(F)(F)F)cc1. The van der Waals surface area contributed by atoms with Crippen LogP contribution in [0.5, 0.6) is 0 Å². The molecule has 0 saturated carbocycles. The lowest BCUT2D eigenvalue weighted by atomic mass is 10.0. The highest BCUT2D eigenvalue weighted by Gasteiger charge is 2.30. The normalized spacial score (nSPS) is 12.0. The second-order valence-electron chi connectivity index (χ2n) is 9.87. The highest BCUT2D eigenvalue weighted by atomic mass is 19.4. The zero-order valence-electron chi connectivity index (χ0n) is 22.6. The number of halogens is 3. The van der Waals surface area contributed by atoms with Crippen LogP contribution in [-0.2, 0) is 17.4 Å². The molecule has 1 heterocycles. The third kappa shape index (κ3) is 6.73. The number of alkyl halides is 3. The zero-order chi connectivity index (χ0) is 30.6. The van der Waals surface area contributed by atoms with Gasteiger partial charge in [-0.2, -0.15) is 13.2 Å². The predicted octanol–water partition coefficient (Wildman–Crippen LogP) is 7.32. The number of aromatic nitrogens is 1. The zero-order valence-corrected chi connectivity index (χ0v) is 22.6. The molecule has 2 N–H and O–H groups in total. The molecule has 43 heavy (non-hydrogen) atoms. The summed E-state index contributed by atoms with van der Waals surface area (Å²) in [6.45, 7) is 0. The van der Waals surface area contributed by atoms with E-state index in [1.807, 2.05) is 54.6 Å². The maximum atomic E-state index is 13.6. The molecule has 6 nitrogen and oxygen atoms in total. The number of hydrogen-bond acceptors (Lipinski definition) is 3. The molecule has 1 aromatic heterocycles. The van der Waals surface area contributed by atoms with Gasteiger partial charge in [-0.3, -0.25) is 14.2 Å². The van der Waals surface area contributed by atoms with Crippen LogP contribution >= 0.6 is 0 Å². The van der Waals surface area contributed by atoms with Crippen molar-refractivity contribution in [3.8, 4) is 22.3 Å². The minimum atomic E-state index is -4.57. The van der Waals surface area contributed by atoms with E-state index in [0.29, 0.717) is 16.7 Å². The van der Waals surface area contributed by atoms with E-state index < -0.39 is 35.2 Å². The van der Waals surface area contributed by atoms with Crippen molar-refractivity contribution in [2.45, 2.75) is 18.6 Å². The maximum absolute atomic E-state index is 13.6. The lowest BCUT2D eigenvalue weighted by Crippen LogP contribution is -2.33. The van der Waals surface area contributed by atoms with Crippen molar-refractivity contribution in [1.29, 1.82) is 0 Å². The number of benzene rings is 4. The first-order valence-corrected chi connectivity index (χ1v) is 13.3. The molecule has 0 aliphatic rings. The molecule has 1 atom stereocenters. The number of carbonyl (C=O) groups excluding carboxylic acids is 1. The molecule has 5 rings (SSSR count). The molecule has 0 fully saturated rings. The van der Waals surface area contributed by atoms with Gasteiger partial charge in [-0.25, -0.2) is 4.79 Å². The van der Waals surface area contributed by atoms with Crippen molar-refractivity contribution < 1.29 is 27.9 Å². The summed E-state index contributed by atoms with van der Waals surface area (Å²) in [7, 11) is 0. The lowest BCUT2D eigenvalue weighted by Gasteiger charge is -2.19. The number of carboxylic acids is 1. The number of aliphatic carboxylic acids is 1. The van der Waals surface area contributed by atoms with Gasteiger partial charge in [0.2, 0.25) is 0 Å². The van der Waals surface area contributed by atoms with Crippen LogP contribution in [0.1, 0.15) is 27.5 Å². The second kappa shape index (κ2) is 12.2. The first-order chi connectivity index (χ1) is 20.6. The van der Waals surface area contributed by atoms with Gasteiger partial charge >= 0.3 is 12.1 Å². The van der Waals surface area contributed by atoms with Gasteiger partial charge in [-0.15, -0.1) is 0 Å². The van der Waals surface area contributed by atoms with E-state index in [0.717, 1.165) is 40.0 Å². The van der Waals surface area contributed by atoms with E-state index in [1.165, 1.54) is 12.3 Å². The van der Waals surface area contributed by atoms with E-state index in [2.05, 4.69) is 5.32 Å². The monoisotopic (exact) mass is 582 g/mol. The Balaban J connectivity index is 1.56. The maximum Gasteiger partial charge on any atom is 0.416 e. The fourth-order valence-electron chi connectivity index (χ4n) is 4.71. The summed E-state index contributed by atoms with van der Waals surface area (Å²) in [5.41, 5.74) is 1.74. The summed E-state index contributed by atoms with van der Waals surface area (Å²) in [5, 5.41) is 12.6. The summed E-state index contributed by atoms with van der Waals surface area (Å²) in [6.07, 6.45) is -3.13. The van der Waals surface area contributed by atoms with Crippen molar-refractivity contribution in [2.75, 3.05) is 5.32 Å². The third-order valence-electron chi connectivity index (χ3n) is 6.98. The molecule has 216 valence electrons. The summed E-state index contributed by atoms with van der Waals surface area (Å²) < 4.78 is 40.1. The van der Waals surface area contributed by atoms with Gasteiger partial charge in [0, 0.05) is 23.7 Å². The fourth-order valence-corrected chi connectivity index (χ4v) is 4.71. The average molecular weight is 583 g/mol. The Kier molecular flexibility index (Phi) is 8.25. The first-order valence-electron chi connectivity index (χ1n) is 13.3. The lowest BCUT2D eigenvalue weighted by molar-refractivity contribution is -0.141. The molecule has 0 saturated heterocycles. The number of carboxylic acid groups (broad SMARTS) is 1. The van der Waals surface area contributed by atoms with Crippen LogP contribution in [0.3, 0.4) is 0 Å². The van der Waals surface area contributed by atoms with Crippen molar-refractivity contribution >= 4 is 17.6 Å². The Morgan fingerprint density at radius 3 is 1.84 bits per heavy atom. The minimum Gasteiger partial charge on any atom is -0.480 e. The standard InChI is InChI=1S/C34H25F3N2O4/c35-34(36,37)28-17-15-26(16-18-28)31(40)38-29-20-27(25-13-11-24(12-14-25)23-9-5-2-6-10-23)21-39(32(29)41)30(33(42)43)19-22-7-3-1-4-8-22/h1-18,20-21,30H,19H2,(H,38,40)(H,42,43)/t30-/m0/s1. The van der Waals surface area contributed by atoms with Crippen LogP contribution in [0.25, 0.3) is 22.3 Å². The van der Waals surface area contributed by atoms with Crippen LogP contribution in [0.2, 0.25) is 0 Å². The number of nitrogens with one attached hydrogen (secondary N) is 1. The van der Waals surface area contributed by atoms with Gasteiger partial charge in [0.25, 0.3) is 11.5 Å². The third-order valence-corrected chi connectivity index (χ3v) is 6.98. The Morgan fingerprint density at radius 1 is 0.744 bits per heavy atom. The van der Waals surface area contributed by atoms with E-state index in [-0.39, 0.29) is 17.7 Å². The van der Waals surface area contributed by atoms with Crippen molar-refractivity contribution in [3.63, 3.8) is 0 Å². The molecule has 4 aromatic carbocycles. The van der Waals surface area contributed by atoms with Crippen molar-refractivity contribution in [1.82, 2.24) is 4.57 Å². The molecule has 0 bridgehead atoms.